The normalized spacial score (nSPS) is 21.3. The molecule has 0 radical (unpaired) electrons. The molecule has 21 heavy (non-hydrogen) atoms. The molecule has 0 aliphatic heterocycles. The minimum Gasteiger partial charge on any atom is -0.481 e. The van der Waals surface area contributed by atoms with Crippen molar-refractivity contribution in [3.63, 3.8) is 0 Å². The van der Waals surface area contributed by atoms with Crippen molar-refractivity contribution in [3.05, 3.63) is 18.3 Å². The molecule has 1 aliphatic rings. The quantitative estimate of drug-likeness (QED) is 0.869. The van der Waals surface area contributed by atoms with Gasteiger partial charge in [-0.25, -0.2) is 4.98 Å². The van der Waals surface area contributed by atoms with Gasteiger partial charge in [-0.05, 0) is 45.2 Å². The number of rotatable bonds is 5. The van der Waals surface area contributed by atoms with Crippen molar-refractivity contribution < 1.29 is 19.4 Å². The molecule has 1 aromatic rings. The van der Waals surface area contributed by atoms with Gasteiger partial charge in [0.2, 0.25) is 11.8 Å². The van der Waals surface area contributed by atoms with E-state index in [-0.39, 0.29) is 17.9 Å². The number of nitrogens with zero attached hydrogens (tertiary/aromatic N) is 1. The van der Waals surface area contributed by atoms with Crippen LogP contribution in [0.4, 0.5) is 5.69 Å². The first kappa shape index (κ1) is 15.3. The third kappa shape index (κ3) is 3.93. The topological polar surface area (TPSA) is 88.5 Å². The maximum absolute atomic E-state index is 12.2. The van der Waals surface area contributed by atoms with Crippen LogP contribution in [0.2, 0.25) is 0 Å². The second-order valence-corrected chi connectivity index (χ2v) is 5.56. The Kier molecular flexibility index (Phi) is 4.77. The number of ether oxygens (including phenoxy) is 1. The van der Waals surface area contributed by atoms with Crippen molar-refractivity contribution in [3.8, 4) is 5.88 Å². The molecule has 0 spiro atoms. The van der Waals surface area contributed by atoms with Crippen molar-refractivity contribution in [2.45, 2.75) is 39.2 Å². The number of aliphatic carboxylic acids is 1. The number of carboxylic acid groups (broad SMARTS) is 1. The van der Waals surface area contributed by atoms with Crippen molar-refractivity contribution in [1.82, 2.24) is 4.98 Å². The zero-order chi connectivity index (χ0) is 15.4. The molecule has 0 unspecified atom stereocenters. The molecule has 114 valence electrons. The molecule has 1 aliphatic carbocycles. The largest absolute Gasteiger partial charge is 0.481 e. The first-order valence-corrected chi connectivity index (χ1v) is 7.12. The summed E-state index contributed by atoms with van der Waals surface area (Å²) in [6.07, 6.45) is 3.10. The van der Waals surface area contributed by atoms with E-state index in [0.29, 0.717) is 30.8 Å². The van der Waals surface area contributed by atoms with E-state index in [0.717, 1.165) is 0 Å². The van der Waals surface area contributed by atoms with Crippen LogP contribution >= 0.6 is 0 Å². The highest BCUT2D eigenvalue weighted by molar-refractivity contribution is 5.94. The number of pyridine rings is 1. The average molecular weight is 292 g/mol. The molecule has 2 atom stereocenters. The van der Waals surface area contributed by atoms with Crippen LogP contribution in [0.3, 0.4) is 0 Å². The molecule has 1 aromatic heterocycles. The molecular weight excluding hydrogens is 272 g/mol. The van der Waals surface area contributed by atoms with E-state index < -0.39 is 11.9 Å². The monoisotopic (exact) mass is 292 g/mol. The lowest BCUT2D eigenvalue weighted by Gasteiger charge is -2.15. The lowest BCUT2D eigenvalue weighted by Crippen LogP contribution is -2.22. The van der Waals surface area contributed by atoms with Crippen LogP contribution in [0.25, 0.3) is 0 Å². The number of nitrogens with one attached hydrogen (secondary N) is 1. The Bertz CT molecular complexity index is 530. The van der Waals surface area contributed by atoms with Gasteiger partial charge in [0.15, 0.2) is 0 Å². The number of aromatic nitrogens is 1. The number of anilines is 1. The number of carbonyl (C=O) groups excluding carboxylic acids is 1. The molecule has 0 bridgehead atoms. The minimum absolute atomic E-state index is 0.0431. The summed E-state index contributed by atoms with van der Waals surface area (Å²) in [4.78, 5) is 27.3. The molecule has 1 saturated carbocycles. The summed E-state index contributed by atoms with van der Waals surface area (Å²) in [6, 6.07) is 3.45. The molecule has 2 rings (SSSR count). The van der Waals surface area contributed by atoms with E-state index in [2.05, 4.69) is 10.3 Å². The Morgan fingerprint density at radius 1 is 1.38 bits per heavy atom. The minimum atomic E-state index is -0.824. The smallest absolute Gasteiger partial charge is 0.306 e. The van der Waals surface area contributed by atoms with Gasteiger partial charge in [-0.2, -0.15) is 0 Å². The van der Waals surface area contributed by atoms with Gasteiger partial charge >= 0.3 is 5.97 Å². The lowest BCUT2D eigenvalue weighted by atomic mass is 10.0. The standard InChI is InChI=1S/C15H20N2O4/c1-9(2)21-14-12(4-3-7-16-14)17-13(18)10-5-6-11(8-10)15(19)20/h3-4,7,9-11H,5-6,8H2,1-2H3,(H,17,18)(H,19,20)/t10-,11+/m1/s1. The Morgan fingerprint density at radius 2 is 2.10 bits per heavy atom. The summed E-state index contributed by atoms with van der Waals surface area (Å²) in [5.41, 5.74) is 0.523. The molecule has 6 nitrogen and oxygen atoms in total. The van der Waals surface area contributed by atoms with Crippen LogP contribution in [-0.4, -0.2) is 28.1 Å². The average Bonchev–Trinajstić information content (AvgIpc) is 2.90. The lowest BCUT2D eigenvalue weighted by molar-refractivity contribution is -0.141. The number of carboxylic acids is 1. The summed E-state index contributed by atoms with van der Waals surface area (Å²) in [5.74, 6) is -1.29. The van der Waals surface area contributed by atoms with E-state index in [4.69, 9.17) is 9.84 Å². The highest BCUT2D eigenvalue weighted by atomic mass is 16.5. The van der Waals surface area contributed by atoms with Crippen molar-refractivity contribution in [2.75, 3.05) is 5.32 Å². The van der Waals surface area contributed by atoms with E-state index in [1.54, 1.807) is 18.3 Å². The number of carbonyl (C=O) groups is 2. The molecule has 6 heteroatoms. The number of hydrogen-bond donors (Lipinski definition) is 2. The van der Waals surface area contributed by atoms with Gasteiger partial charge in [0, 0.05) is 12.1 Å². The summed E-state index contributed by atoms with van der Waals surface area (Å²) in [7, 11) is 0. The summed E-state index contributed by atoms with van der Waals surface area (Å²) < 4.78 is 5.55. The van der Waals surface area contributed by atoms with Gasteiger partial charge in [0.25, 0.3) is 0 Å². The van der Waals surface area contributed by atoms with Crippen LogP contribution < -0.4 is 10.1 Å². The molecule has 1 amide bonds. The highest BCUT2D eigenvalue weighted by Crippen LogP contribution is 2.32. The Hall–Kier alpha value is -2.11. The van der Waals surface area contributed by atoms with E-state index >= 15 is 0 Å². The fourth-order valence-corrected chi connectivity index (χ4v) is 2.48. The van der Waals surface area contributed by atoms with Crippen LogP contribution in [0.15, 0.2) is 18.3 Å². The van der Waals surface area contributed by atoms with Crippen LogP contribution in [0.5, 0.6) is 5.88 Å². The summed E-state index contributed by atoms with van der Waals surface area (Å²) >= 11 is 0. The number of hydrogen-bond acceptors (Lipinski definition) is 4. The van der Waals surface area contributed by atoms with Crippen molar-refractivity contribution in [1.29, 1.82) is 0 Å². The van der Waals surface area contributed by atoms with Crippen LogP contribution in [0.1, 0.15) is 33.1 Å². The van der Waals surface area contributed by atoms with E-state index in [1.807, 2.05) is 13.8 Å². The van der Waals surface area contributed by atoms with Crippen molar-refractivity contribution in [2.24, 2.45) is 11.8 Å². The van der Waals surface area contributed by atoms with Crippen molar-refractivity contribution >= 4 is 17.6 Å². The van der Waals surface area contributed by atoms with Gasteiger partial charge in [-0.3, -0.25) is 9.59 Å². The third-order valence-corrected chi connectivity index (χ3v) is 3.53. The highest BCUT2D eigenvalue weighted by Gasteiger charge is 2.34. The zero-order valence-corrected chi connectivity index (χ0v) is 12.2. The maximum atomic E-state index is 12.2. The zero-order valence-electron chi connectivity index (χ0n) is 12.2. The van der Waals surface area contributed by atoms with E-state index in [1.165, 1.54) is 0 Å². The predicted octanol–water partition coefficient (Wildman–Crippen LogP) is 2.31. The first-order valence-electron chi connectivity index (χ1n) is 7.12. The maximum Gasteiger partial charge on any atom is 0.306 e. The fourth-order valence-electron chi connectivity index (χ4n) is 2.48. The Labute approximate surface area is 123 Å². The molecule has 2 N–H and O–H groups in total. The molecule has 1 heterocycles. The van der Waals surface area contributed by atoms with Crippen LogP contribution in [0, 0.1) is 11.8 Å². The fraction of sp³-hybridized carbons (Fsp3) is 0.533. The molecular formula is C15H20N2O4. The molecule has 1 fully saturated rings. The Morgan fingerprint density at radius 3 is 2.71 bits per heavy atom. The summed E-state index contributed by atoms with van der Waals surface area (Å²) in [5, 5.41) is 11.8. The second-order valence-electron chi connectivity index (χ2n) is 5.56. The molecule has 0 aromatic carbocycles. The third-order valence-electron chi connectivity index (χ3n) is 3.53. The van der Waals surface area contributed by atoms with E-state index in [9.17, 15) is 9.59 Å². The van der Waals surface area contributed by atoms with Crippen LogP contribution in [-0.2, 0) is 9.59 Å². The second kappa shape index (κ2) is 6.56. The van der Waals surface area contributed by atoms with Gasteiger partial charge in [-0.1, -0.05) is 0 Å². The number of amides is 1. The SMILES string of the molecule is CC(C)Oc1ncccc1NC(=O)[C@@H]1CC[C@H](C(=O)O)C1. The van der Waals surface area contributed by atoms with Gasteiger partial charge < -0.3 is 15.2 Å². The van der Waals surface area contributed by atoms with Gasteiger partial charge in [0.05, 0.1) is 12.0 Å². The van der Waals surface area contributed by atoms with Gasteiger partial charge in [0.1, 0.15) is 5.69 Å². The first-order chi connectivity index (χ1) is 9.97. The van der Waals surface area contributed by atoms with Gasteiger partial charge in [-0.15, -0.1) is 0 Å². The Balaban J connectivity index is 2.02. The molecule has 0 saturated heterocycles. The predicted molar refractivity (Wildman–Crippen MR) is 77.1 cm³/mol. The summed E-state index contributed by atoms with van der Waals surface area (Å²) in [6.45, 7) is 3.77.